The van der Waals surface area contributed by atoms with Crippen LogP contribution in [0.1, 0.15) is 32.6 Å². The van der Waals surface area contributed by atoms with E-state index in [0.717, 1.165) is 24.2 Å². The Morgan fingerprint density at radius 2 is 2.05 bits per heavy atom. The summed E-state index contributed by atoms with van der Waals surface area (Å²) in [7, 11) is 0. The normalized spacial score (nSPS) is 18.8. The highest BCUT2D eigenvalue weighted by Gasteiger charge is 2.34. The molecular formula is C13H23N3O4. The van der Waals surface area contributed by atoms with E-state index in [1.807, 2.05) is 0 Å². The van der Waals surface area contributed by atoms with Crippen LogP contribution in [-0.4, -0.2) is 64.9 Å². The summed E-state index contributed by atoms with van der Waals surface area (Å²) in [5.41, 5.74) is 5.35. The Bertz CT molecular complexity index is 371. The molecule has 1 rings (SSSR count). The topological polar surface area (TPSA) is 104 Å². The van der Waals surface area contributed by atoms with Crippen LogP contribution in [0.4, 0.5) is 0 Å². The molecule has 0 bridgehead atoms. The number of imide groups is 1. The molecule has 7 nitrogen and oxygen atoms in total. The predicted molar refractivity (Wildman–Crippen MR) is 72.5 cm³/mol. The molecule has 3 amide bonds. The maximum Gasteiger partial charge on any atom is 0.318 e. The minimum atomic E-state index is -0.826. The molecule has 1 aliphatic heterocycles. The number of carbonyl (C=O) groups is 3. The fourth-order valence-electron chi connectivity index (χ4n) is 2.49. The highest BCUT2D eigenvalue weighted by atomic mass is 16.3. The summed E-state index contributed by atoms with van der Waals surface area (Å²) in [6, 6.07) is -0.128. The fourth-order valence-corrected chi connectivity index (χ4v) is 2.49. The van der Waals surface area contributed by atoms with Crippen molar-refractivity contribution < 1.29 is 19.5 Å². The molecule has 1 atom stereocenters. The first-order valence-corrected chi connectivity index (χ1v) is 6.96. The lowest BCUT2D eigenvalue weighted by molar-refractivity contribution is -0.158. The molecule has 20 heavy (non-hydrogen) atoms. The number of piperidine rings is 1. The Balaban J connectivity index is 2.79. The number of amides is 3. The molecule has 1 fully saturated rings. The molecule has 3 N–H and O–H groups in total. The summed E-state index contributed by atoms with van der Waals surface area (Å²) in [5.74, 6) is -1.98. The minimum Gasteiger partial charge on any atom is -0.396 e. The number of hydrogen-bond donors (Lipinski definition) is 2. The van der Waals surface area contributed by atoms with E-state index in [-0.39, 0.29) is 25.7 Å². The lowest BCUT2D eigenvalue weighted by atomic mass is 9.99. The van der Waals surface area contributed by atoms with Gasteiger partial charge < -0.3 is 15.7 Å². The Morgan fingerprint density at radius 3 is 2.60 bits per heavy atom. The van der Waals surface area contributed by atoms with E-state index in [2.05, 4.69) is 0 Å². The highest BCUT2D eigenvalue weighted by molar-refractivity contribution is 6.37. The van der Waals surface area contributed by atoms with E-state index in [9.17, 15) is 14.4 Å². The molecule has 0 aromatic carbocycles. The van der Waals surface area contributed by atoms with Gasteiger partial charge in [0.2, 0.25) is 5.91 Å². The molecule has 0 aromatic rings. The van der Waals surface area contributed by atoms with Crippen LogP contribution in [0.2, 0.25) is 0 Å². The quantitative estimate of drug-likeness (QED) is 0.650. The van der Waals surface area contributed by atoms with Gasteiger partial charge in [0, 0.05) is 39.2 Å². The monoisotopic (exact) mass is 285 g/mol. The zero-order chi connectivity index (χ0) is 15.1. The van der Waals surface area contributed by atoms with Crippen LogP contribution < -0.4 is 5.73 Å². The second-order valence-corrected chi connectivity index (χ2v) is 4.92. The van der Waals surface area contributed by atoms with Crippen LogP contribution in [0, 0.1) is 0 Å². The van der Waals surface area contributed by atoms with Gasteiger partial charge in [0.1, 0.15) is 0 Å². The molecule has 1 unspecified atom stereocenters. The van der Waals surface area contributed by atoms with E-state index >= 15 is 0 Å². The predicted octanol–water partition coefficient (Wildman–Crippen LogP) is -0.916. The molecule has 114 valence electrons. The summed E-state index contributed by atoms with van der Waals surface area (Å²) in [5, 5.41) is 9.03. The third-order valence-electron chi connectivity index (χ3n) is 3.51. The molecule has 0 radical (unpaired) electrons. The van der Waals surface area contributed by atoms with Gasteiger partial charge in [0.25, 0.3) is 0 Å². The second kappa shape index (κ2) is 7.96. The smallest absolute Gasteiger partial charge is 0.318 e. The number of rotatable bonds is 4. The maximum atomic E-state index is 12.3. The fraction of sp³-hybridized carbons (Fsp3) is 0.769. The van der Waals surface area contributed by atoms with Crippen molar-refractivity contribution in [3.8, 4) is 0 Å². The van der Waals surface area contributed by atoms with Crippen LogP contribution >= 0.6 is 0 Å². The highest BCUT2D eigenvalue weighted by Crippen LogP contribution is 2.20. The SMILES string of the molecule is CC(=O)N(CCN)C(=O)C(=O)N1CCCCC1CCO. The average molecular weight is 285 g/mol. The van der Waals surface area contributed by atoms with Crippen LogP contribution in [-0.2, 0) is 14.4 Å². The summed E-state index contributed by atoms with van der Waals surface area (Å²) in [6.45, 7) is 1.87. The third kappa shape index (κ3) is 4.01. The number of hydrogen-bond acceptors (Lipinski definition) is 5. The Morgan fingerprint density at radius 1 is 1.35 bits per heavy atom. The second-order valence-electron chi connectivity index (χ2n) is 4.92. The summed E-state index contributed by atoms with van der Waals surface area (Å²) >= 11 is 0. The average Bonchev–Trinajstić information content (AvgIpc) is 2.44. The van der Waals surface area contributed by atoms with Gasteiger partial charge in [-0.25, -0.2) is 0 Å². The third-order valence-corrected chi connectivity index (χ3v) is 3.51. The molecule has 0 saturated carbocycles. The van der Waals surface area contributed by atoms with Crippen LogP contribution in [0.15, 0.2) is 0 Å². The number of carbonyl (C=O) groups excluding carboxylic acids is 3. The maximum absolute atomic E-state index is 12.3. The molecule has 1 heterocycles. The lowest BCUT2D eigenvalue weighted by Crippen LogP contribution is -2.53. The van der Waals surface area contributed by atoms with Gasteiger partial charge in [0.15, 0.2) is 0 Å². The molecule has 1 aliphatic rings. The first-order chi connectivity index (χ1) is 9.52. The Hall–Kier alpha value is -1.47. The number of aliphatic hydroxyl groups excluding tert-OH is 1. The van der Waals surface area contributed by atoms with Gasteiger partial charge in [-0.15, -0.1) is 0 Å². The first-order valence-electron chi connectivity index (χ1n) is 6.96. The van der Waals surface area contributed by atoms with Gasteiger partial charge in [-0.2, -0.15) is 0 Å². The van der Waals surface area contributed by atoms with E-state index in [4.69, 9.17) is 10.8 Å². The summed E-state index contributed by atoms with van der Waals surface area (Å²) in [4.78, 5) is 38.2. The molecule has 0 aromatic heterocycles. The number of likely N-dealkylation sites (tertiary alicyclic amines) is 1. The molecule has 1 saturated heterocycles. The number of nitrogens with two attached hydrogens (primary N) is 1. The van der Waals surface area contributed by atoms with E-state index in [1.165, 1.54) is 11.8 Å². The Kier molecular flexibility index (Phi) is 6.60. The van der Waals surface area contributed by atoms with Crippen molar-refractivity contribution in [2.45, 2.75) is 38.6 Å². The van der Waals surface area contributed by atoms with Crippen molar-refractivity contribution in [2.24, 2.45) is 5.73 Å². The van der Waals surface area contributed by atoms with Crippen LogP contribution in [0.25, 0.3) is 0 Å². The van der Waals surface area contributed by atoms with Crippen molar-refractivity contribution in [1.29, 1.82) is 0 Å². The van der Waals surface area contributed by atoms with E-state index < -0.39 is 17.7 Å². The van der Waals surface area contributed by atoms with Gasteiger partial charge >= 0.3 is 11.8 Å². The minimum absolute atomic E-state index is 0.0259. The zero-order valence-electron chi connectivity index (χ0n) is 11.9. The summed E-state index contributed by atoms with van der Waals surface area (Å²) in [6.07, 6.45) is 3.03. The standard InChI is InChI=1S/C13H23N3O4/c1-10(18)15(8-6-14)12(19)13(20)16-7-3-2-4-11(16)5-9-17/h11,17H,2-9,14H2,1H3. The Labute approximate surface area is 118 Å². The number of nitrogens with zero attached hydrogens (tertiary/aromatic N) is 2. The van der Waals surface area contributed by atoms with Crippen molar-refractivity contribution in [1.82, 2.24) is 9.80 Å². The van der Waals surface area contributed by atoms with Crippen molar-refractivity contribution in [3.05, 3.63) is 0 Å². The zero-order valence-corrected chi connectivity index (χ0v) is 11.9. The van der Waals surface area contributed by atoms with Gasteiger partial charge in [0.05, 0.1) is 0 Å². The largest absolute Gasteiger partial charge is 0.396 e. The van der Waals surface area contributed by atoms with Crippen LogP contribution in [0.3, 0.4) is 0 Å². The molecule has 7 heteroatoms. The van der Waals surface area contributed by atoms with Gasteiger partial charge in [-0.1, -0.05) is 0 Å². The van der Waals surface area contributed by atoms with Crippen molar-refractivity contribution >= 4 is 17.7 Å². The summed E-state index contributed by atoms with van der Waals surface area (Å²) < 4.78 is 0. The van der Waals surface area contributed by atoms with Crippen molar-refractivity contribution in [2.75, 3.05) is 26.2 Å². The molecule has 0 aliphatic carbocycles. The van der Waals surface area contributed by atoms with E-state index in [1.54, 1.807) is 0 Å². The van der Waals surface area contributed by atoms with E-state index in [0.29, 0.717) is 13.0 Å². The molecular weight excluding hydrogens is 262 g/mol. The lowest BCUT2D eigenvalue weighted by Gasteiger charge is -2.35. The first kappa shape index (κ1) is 16.6. The number of aliphatic hydroxyl groups is 1. The van der Waals surface area contributed by atoms with Crippen molar-refractivity contribution in [3.63, 3.8) is 0 Å². The van der Waals surface area contributed by atoms with Gasteiger partial charge in [-0.05, 0) is 25.7 Å². The van der Waals surface area contributed by atoms with Gasteiger partial charge in [-0.3, -0.25) is 19.3 Å². The molecule has 0 spiro atoms. The van der Waals surface area contributed by atoms with Crippen LogP contribution in [0.5, 0.6) is 0 Å².